The molecule has 0 saturated heterocycles. The lowest BCUT2D eigenvalue weighted by molar-refractivity contribution is 0.0694. The molecule has 1 aromatic rings. The van der Waals surface area contributed by atoms with Crippen molar-refractivity contribution >= 4 is 5.97 Å². The Kier molecular flexibility index (Phi) is 3.74. The normalized spacial score (nSPS) is 18.5. The molecule has 2 fully saturated rings. The predicted molar refractivity (Wildman–Crippen MR) is 74.1 cm³/mol. The Hall–Kier alpha value is -1.42. The zero-order chi connectivity index (χ0) is 14.1. The Labute approximate surface area is 118 Å². The highest BCUT2D eigenvalue weighted by atomic mass is 19.1. The number of nitrogens with zero attached hydrogens (tertiary/aromatic N) is 1. The van der Waals surface area contributed by atoms with Gasteiger partial charge in [-0.1, -0.05) is 0 Å². The highest BCUT2D eigenvalue weighted by Gasteiger charge is 2.29. The second kappa shape index (κ2) is 5.52. The first-order valence-electron chi connectivity index (χ1n) is 7.36. The largest absolute Gasteiger partial charge is 0.478 e. The molecule has 0 amide bonds. The first-order chi connectivity index (χ1) is 9.61. The zero-order valence-electron chi connectivity index (χ0n) is 11.5. The summed E-state index contributed by atoms with van der Waals surface area (Å²) in [6, 6.07) is 3.97. The molecular formula is C16H20FNO2. The van der Waals surface area contributed by atoms with Crippen molar-refractivity contribution in [2.24, 2.45) is 11.8 Å². The number of carbonyl (C=O) groups is 1. The van der Waals surface area contributed by atoms with Crippen LogP contribution in [0.15, 0.2) is 18.2 Å². The van der Waals surface area contributed by atoms with E-state index in [4.69, 9.17) is 0 Å². The van der Waals surface area contributed by atoms with Gasteiger partial charge in [-0.05, 0) is 61.3 Å². The van der Waals surface area contributed by atoms with Crippen LogP contribution >= 0.6 is 0 Å². The molecule has 4 heteroatoms. The maximum Gasteiger partial charge on any atom is 0.336 e. The quantitative estimate of drug-likeness (QED) is 0.832. The standard InChI is InChI=1S/C16H20FNO2/c17-14-5-6-15(16(19)20)13(7-14)10-18(8-11-1-2-11)9-12-3-4-12/h5-7,11-12H,1-4,8-10H2,(H,19,20). The van der Waals surface area contributed by atoms with Crippen LogP contribution in [-0.4, -0.2) is 29.1 Å². The molecule has 0 aromatic heterocycles. The van der Waals surface area contributed by atoms with Crippen molar-refractivity contribution in [1.29, 1.82) is 0 Å². The molecule has 0 radical (unpaired) electrons. The summed E-state index contributed by atoms with van der Waals surface area (Å²) in [5, 5.41) is 9.22. The van der Waals surface area contributed by atoms with Gasteiger partial charge < -0.3 is 5.11 Å². The lowest BCUT2D eigenvalue weighted by atomic mass is 10.1. The third-order valence-electron chi connectivity index (χ3n) is 4.12. The molecule has 3 rings (SSSR count). The average Bonchev–Trinajstić information content (AvgIpc) is 3.24. The molecule has 1 aromatic carbocycles. The van der Waals surface area contributed by atoms with Crippen LogP contribution in [0.4, 0.5) is 4.39 Å². The Bertz CT molecular complexity index is 495. The Balaban J connectivity index is 1.74. The molecule has 2 aliphatic rings. The number of benzene rings is 1. The lowest BCUT2D eigenvalue weighted by Gasteiger charge is -2.23. The average molecular weight is 277 g/mol. The summed E-state index contributed by atoms with van der Waals surface area (Å²) < 4.78 is 13.4. The molecule has 20 heavy (non-hydrogen) atoms. The van der Waals surface area contributed by atoms with E-state index in [0.29, 0.717) is 12.1 Å². The molecule has 0 unspecified atom stereocenters. The van der Waals surface area contributed by atoms with Crippen LogP contribution < -0.4 is 0 Å². The van der Waals surface area contributed by atoms with Crippen molar-refractivity contribution < 1.29 is 14.3 Å². The van der Waals surface area contributed by atoms with Gasteiger partial charge in [0.15, 0.2) is 0 Å². The van der Waals surface area contributed by atoms with Crippen LogP contribution in [0.2, 0.25) is 0 Å². The summed E-state index contributed by atoms with van der Waals surface area (Å²) in [4.78, 5) is 13.6. The van der Waals surface area contributed by atoms with E-state index in [2.05, 4.69) is 4.90 Å². The first kappa shape index (κ1) is 13.6. The monoisotopic (exact) mass is 277 g/mol. The molecular weight excluding hydrogens is 257 g/mol. The molecule has 0 aliphatic heterocycles. The lowest BCUT2D eigenvalue weighted by Crippen LogP contribution is -2.28. The van der Waals surface area contributed by atoms with Crippen molar-refractivity contribution in [3.8, 4) is 0 Å². The van der Waals surface area contributed by atoms with E-state index in [1.54, 1.807) is 0 Å². The fourth-order valence-electron chi connectivity index (χ4n) is 2.68. The van der Waals surface area contributed by atoms with E-state index in [9.17, 15) is 14.3 Å². The van der Waals surface area contributed by atoms with Gasteiger partial charge >= 0.3 is 5.97 Å². The predicted octanol–water partition coefficient (Wildman–Crippen LogP) is 3.15. The smallest absolute Gasteiger partial charge is 0.336 e. The minimum absolute atomic E-state index is 0.225. The van der Waals surface area contributed by atoms with Crippen LogP contribution in [0.25, 0.3) is 0 Å². The highest BCUT2D eigenvalue weighted by Crippen LogP contribution is 2.34. The number of carboxylic acid groups (broad SMARTS) is 1. The SMILES string of the molecule is O=C(O)c1ccc(F)cc1CN(CC1CC1)CC1CC1. The van der Waals surface area contributed by atoms with Crippen LogP contribution in [0.3, 0.4) is 0 Å². The number of halogens is 1. The topological polar surface area (TPSA) is 40.5 Å². The highest BCUT2D eigenvalue weighted by molar-refractivity contribution is 5.89. The van der Waals surface area contributed by atoms with E-state index in [1.807, 2.05) is 0 Å². The van der Waals surface area contributed by atoms with Crippen molar-refractivity contribution in [3.63, 3.8) is 0 Å². The van der Waals surface area contributed by atoms with Gasteiger partial charge in [0.1, 0.15) is 5.82 Å². The molecule has 2 aliphatic carbocycles. The Morgan fingerprint density at radius 2 is 1.80 bits per heavy atom. The van der Waals surface area contributed by atoms with Crippen molar-refractivity contribution in [1.82, 2.24) is 4.90 Å². The molecule has 0 heterocycles. The van der Waals surface area contributed by atoms with E-state index in [1.165, 1.54) is 43.9 Å². The molecule has 1 N–H and O–H groups in total. The van der Waals surface area contributed by atoms with E-state index in [-0.39, 0.29) is 11.4 Å². The van der Waals surface area contributed by atoms with E-state index < -0.39 is 5.97 Å². The second-order valence-electron chi connectivity index (χ2n) is 6.19. The molecule has 2 saturated carbocycles. The minimum Gasteiger partial charge on any atom is -0.478 e. The second-order valence-corrected chi connectivity index (χ2v) is 6.19. The van der Waals surface area contributed by atoms with Crippen molar-refractivity contribution in [2.75, 3.05) is 13.1 Å². The van der Waals surface area contributed by atoms with E-state index >= 15 is 0 Å². The van der Waals surface area contributed by atoms with Crippen LogP contribution in [0.1, 0.15) is 41.6 Å². The molecule has 108 valence electrons. The minimum atomic E-state index is -0.974. The number of hydrogen-bond acceptors (Lipinski definition) is 2. The number of aromatic carboxylic acids is 1. The maximum atomic E-state index is 13.4. The van der Waals surface area contributed by atoms with Gasteiger partial charge in [-0.2, -0.15) is 0 Å². The summed E-state index contributed by atoms with van der Waals surface area (Å²) in [6.45, 7) is 2.59. The summed E-state index contributed by atoms with van der Waals surface area (Å²) in [5.41, 5.74) is 0.821. The van der Waals surface area contributed by atoms with Gasteiger partial charge in [0.2, 0.25) is 0 Å². The maximum absolute atomic E-state index is 13.4. The Morgan fingerprint density at radius 3 is 2.30 bits per heavy atom. The fourth-order valence-corrected chi connectivity index (χ4v) is 2.68. The first-order valence-corrected chi connectivity index (χ1v) is 7.36. The molecule has 0 bridgehead atoms. The summed E-state index contributed by atoms with van der Waals surface area (Å²) >= 11 is 0. The molecule has 0 atom stereocenters. The third-order valence-corrected chi connectivity index (χ3v) is 4.12. The van der Waals surface area contributed by atoms with Gasteiger partial charge in [-0.15, -0.1) is 0 Å². The summed E-state index contributed by atoms with van der Waals surface area (Å²) in [5.74, 6) is 0.187. The van der Waals surface area contributed by atoms with Gasteiger partial charge in [0.05, 0.1) is 5.56 Å². The van der Waals surface area contributed by atoms with Crippen LogP contribution in [0.5, 0.6) is 0 Å². The third kappa shape index (κ3) is 3.57. The van der Waals surface area contributed by atoms with Gasteiger partial charge in [0.25, 0.3) is 0 Å². The molecule has 0 spiro atoms. The number of hydrogen-bond donors (Lipinski definition) is 1. The fraction of sp³-hybridized carbons (Fsp3) is 0.562. The van der Waals surface area contributed by atoms with Crippen LogP contribution in [0, 0.1) is 17.7 Å². The summed E-state index contributed by atoms with van der Waals surface area (Å²) in [6.07, 6.45) is 5.10. The number of carboxylic acids is 1. The van der Waals surface area contributed by atoms with Crippen molar-refractivity contribution in [3.05, 3.63) is 35.1 Å². The summed E-state index contributed by atoms with van der Waals surface area (Å²) in [7, 11) is 0. The molecule has 3 nitrogen and oxygen atoms in total. The van der Waals surface area contributed by atoms with Gasteiger partial charge in [0, 0.05) is 19.6 Å². The van der Waals surface area contributed by atoms with Crippen LogP contribution in [-0.2, 0) is 6.54 Å². The van der Waals surface area contributed by atoms with Gasteiger partial charge in [-0.3, -0.25) is 4.90 Å². The zero-order valence-corrected chi connectivity index (χ0v) is 11.5. The Morgan fingerprint density at radius 1 is 1.20 bits per heavy atom. The van der Waals surface area contributed by atoms with Crippen molar-refractivity contribution in [2.45, 2.75) is 32.2 Å². The number of rotatable bonds is 7. The van der Waals surface area contributed by atoms with Gasteiger partial charge in [-0.25, -0.2) is 9.18 Å². The van der Waals surface area contributed by atoms with E-state index in [0.717, 1.165) is 24.9 Å².